The molecule has 0 bridgehead atoms. The van der Waals surface area contributed by atoms with Gasteiger partial charge in [0, 0.05) is 26.2 Å². The second-order valence-electron chi connectivity index (χ2n) is 9.10. The van der Waals surface area contributed by atoms with Gasteiger partial charge in [-0.1, -0.05) is 38.1 Å². The van der Waals surface area contributed by atoms with Gasteiger partial charge in [0.15, 0.2) is 6.61 Å². The first-order chi connectivity index (χ1) is 16.8. The molecule has 0 N–H and O–H groups in total. The van der Waals surface area contributed by atoms with Gasteiger partial charge in [0.1, 0.15) is 11.9 Å². The molecule has 4 rings (SSSR count). The maximum atomic E-state index is 14.0. The second kappa shape index (κ2) is 10.2. The highest BCUT2D eigenvalue weighted by molar-refractivity contribution is 6.22. The second-order valence-corrected chi connectivity index (χ2v) is 9.10. The zero-order valence-electron chi connectivity index (χ0n) is 19.8. The summed E-state index contributed by atoms with van der Waals surface area (Å²) in [5, 5.41) is 0. The van der Waals surface area contributed by atoms with E-state index >= 15 is 0 Å². The average Bonchev–Trinajstić information content (AvgIpc) is 3.11. The molecule has 0 saturated carbocycles. The van der Waals surface area contributed by atoms with Gasteiger partial charge in [0.05, 0.1) is 16.8 Å². The largest absolute Gasteiger partial charge is 0.454 e. The molecular weight excluding hydrogens is 453 g/mol. The van der Waals surface area contributed by atoms with Crippen molar-refractivity contribution in [2.75, 3.05) is 37.7 Å². The van der Waals surface area contributed by atoms with E-state index in [1.54, 1.807) is 47.4 Å². The Labute approximate surface area is 203 Å². The van der Waals surface area contributed by atoms with Crippen molar-refractivity contribution in [1.82, 2.24) is 9.80 Å². The SMILES string of the molecule is CC(C)CC(C(=O)OCC(=O)N1CCN(c2ccccc2F)CC1)N1C(=O)c2ccccc2C1=O. The van der Waals surface area contributed by atoms with Gasteiger partial charge in [-0.25, -0.2) is 9.18 Å². The van der Waals surface area contributed by atoms with E-state index in [-0.39, 0.29) is 35.2 Å². The lowest BCUT2D eigenvalue weighted by Gasteiger charge is -2.36. The Morgan fingerprint density at radius 1 is 0.914 bits per heavy atom. The molecule has 3 amide bonds. The smallest absolute Gasteiger partial charge is 0.329 e. The topological polar surface area (TPSA) is 87.2 Å². The maximum Gasteiger partial charge on any atom is 0.329 e. The van der Waals surface area contributed by atoms with Gasteiger partial charge in [-0.3, -0.25) is 19.3 Å². The average molecular weight is 482 g/mol. The molecule has 0 radical (unpaired) electrons. The Morgan fingerprint density at radius 2 is 1.49 bits per heavy atom. The van der Waals surface area contributed by atoms with Crippen LogP contribution in [-0.4, -0.2) is 72.3 Å². The standard InChI is InChI=1S/C26H28FN3O5/c1-17(2)15-22(30-24(32)18-7-3-4-8-19(18)25(30)33)26(34)35-16-23(31)29-13-11-28(12-14-29)21-10-6-5-9-20(21)27/h3-10,17,22H,11-16H2,1-2H3. The van der Waals surface area contributed by atoms with E-state index in [9.17, 15) is 23.6 Å². The van der Waals surface area contributed by atoms with Crippen LogP contribution in [0.4, 0.5) is 10.1 Å². The molecule has 2 heterocycles. The van der Waals surface area contributed by atoms with Gasteiger partial charge < -0.3 is 14.5 Å². The summed E-state index contributed by atoms with van der Waals surface area (Å²) in [6, 6.07) is 11.8. The molecule has 9 heteroatoms. The molecule has 0 aliphatic carbocycles. The lowest BCUT2D eigenvalue weighted by atomic mass is 10.0. The molecule has 0 spiro atoms. The quantitative estimate of drug-likeness (QED) is 0.447. The summed E-state index contributed by atoms with van der Waals surface area (Å²) in [5.41, 5.74) is 0.995. The third-order valence-electron chi connectivity index (χ3n) is 6.27. The zero-order chi connectivity index (χ0) is 25.1. The van der Waals surface area contributed by atoms with Gasteiger partial charge in [0.25, 0.3) is 17.7 Å². The Balaban J connectivity index is 1.36. The third kappa shape index (κ3) is 5.03. The number of hydrogen-bond acceptors (Lipinski definition) is 6. The van der Waals surface area contributed by atoms with E-state index in [0.29, 0.717) is 31.9 Å². The summed E-state index contributed by atoms with van der Waals surface area (Å²) in [5.74, 6) is -2.55. The number of anilines is 1. The molecule has 1 atom stereocenters. The number of esters is 1. The minimum atomic E-state index is -1.12. The van der Waals surface area contributed by atoms with E-state index in [1.165, 1.54) is 6.07 Å². The van der Waals surface area contributed by atoms with Crippen LogP contribution in [-0.2, 0) is 14.3 Å². The predicted molar refractivity (Wildman–Crippen MR) is 126 cm³/mol. The number of amides is 3. The van der Waals surface area contributed by atoms with Crippen LogP contribution in [0.15, 0.2) is 48.5 Å². The number of benzene rings is 2. The number of para-hydroxylation sites is 1. The van der Waals surface area contributed by atoms with E-state index in [1.807, 2.05) is 18.7 Å². The van der Waals surface area contributed by atoms with Crippen molar-refractivity contribution in [2.24, 2.45) is 5.92 Å². The molecule has 2 aliphatic rings. The minimum absolute atomic E-state index is 0.000904. The van der Waals surface area contributed by atoms with Crippen molar-refractivity contribution < 1.29 is 28.3 Å². The van der Waals surface area contributed by atoms with Crippen molar-refractivity contribution in [3.63, 3.8) is 0 Å². The van der Waals surface area contributed by atoms with Crippen LogP contribution in [0.5, 0.6) is 0 Å². The molecule has 35 heavy (non-hydrogen) atoms. The van der Waals surface area contributed by atoms with Crippen LogP contribution < -0.4 is 4.90 Å². The summed E-state index contributed by atoms with van der Waals surface area (Å²) in [4.78, 5) is 55.8. The van der Waals surface area contributed by atoms with Crippen LogP contribution in [0.3, 0.4) is 0 Å². The maximum absolute atomic E-state index is 14.0. The van der Waals surface area contributed by atoms with Crippen LogP contribution >= 0.6 is 0 Å². The molecule has 2 aromatic rings. The summed E-state index contributed by atoms with van der Waals surface area (Å²) < 4.78 is 19.4. The van der Waals surface area contributed by atoms with Crippen LogP contribution in [0, 0.1) is 11.7 Å². The van der Waals surface area contributed by atoms with Gasteiger partial charge in [-0.2, -0.15) is 0 Å². The number of rotatable bonds is 7. The van der Waals surface area contributed by atoms with E-state index in [4.69, 9.17) is 4.74 Å². The fourth-order valence-corrected chi connectivity index (χ4v) is 4.47. The lowest BCUT2D eigenvalue weighted by molar-refractivity contribution is -0.155. The van der Waals surface area contributed by atoms with Crippen LogP contribution in [0.25, 0.3) is 0 Å². The first-order valence-electron chi connectivity index (χ1n) is 11.7. The molecule has 1 unspecified atom stereocenters. The number of nitrogens with zero attached hydrogens (tertiary/aromatic N) is 3. The van der Waals surface area contributed by atoms with Crippen molar-refractivity contribution in [2.45, 2.75) is 26.3 Å². The number of piperazine rings is 1. The van der Waals surface area contributed by atoms with Crippen molar-refractivity contribution in [3.8, 4) is 0 Å². The molecule has 1 saturated heterocycles. The number of hydrogen-bond donors (Lipinski definition) is 0. The number of imide groups is 1. The van der Waals surface area contributed by atoms with Gasteiger partial charge in [-0.15, -0.1) is 0 Å². The number of ether oxygens (including phenoxy) is 1. The van der Waals surface area contributed by atoms with Crippen LogP contribution in [0.1, 0.15) is 41.0 Å². The zero-order valence-corrected chi connectivity index (χ0v) is 19.8. The summed E-state index contributed by atoms with van der Waals surface area (Å²) in [7, 11) is 0. The molecule has 2 aromatic carbocycles. The Kier molecular flexibility index (Phi) is 7.14. The predicted octanol–water partition coefficient (Wildman–Crippen LogP) is 2.73. The summed E-state index contributed by atoms with van der Waals surface area (Å²) >= 11 is 0. The molecule has 184 valence electrons. The van der Waals surface area contributed by atoms with E-state index < -0.39 is 30.4 Å². The number of carbonyl (C=O) groups is 4. The van der Waals surface area contributed by atoms with Crippen molar-refractivity contribution in [3.05, 3.63) is 65.5 Å². The first kappa shape index (κ1) is 24.4. The summed E-state index contributed by atoms with van der Waals surface area (Å²) in [6.45, 7) is 4.88. The fraction of sp³-hybridized carbons (Fsp3) is 0.385. The summed E-state index contributed by atoms with van der Waals surface area (Å²) in [6.07, 6.45) is 0.222. The first-order valence-corrected chi connectivity index (χ1v) is 11.7. The van der Waals surface area contributed by atoms with Crippen molar-refractivity contribution in [1.29, 1.82) is 0 Å². The number of halogens is 1. The number of fused-ring (bicyclic) bond motifs is 1. The highest BCUT2D eigenvalue weighted by atomic mass is 19.1. The Hall–Kier alpha value is -3.75. The lowest BCUT2D eigenvalue weighted by Crippen LogP contribution is -2.51. The molecular formula is C26H28FN3O5. The normalized spacial score (nSPS) is 16.5. The Morgan fingerprint density at radius 3 is 2.06 bits per heavy atom. The number of carbonyl (C=O) groups excluding carboxylic acids is 4. The molecule has 0 aromatic heterocycles. The van der Waals surface area contributed by atoms with E-state index in [0.717, 1.165) is 4.90 Å². The van der Waals surface area contributed by atoms with Gasteiger partial charge in [0.2, 0.25) is 0 Å². The molecule has 1 fully saturated rings. The van der Waals surface area contributed by atoms with E-state index in [2.05, 4.69) is 0 Å². The molecule has 2 aliphatic heterocycles. The Bertz CT molecular complexity index is 1110. The minimum Gasteiger partial charge on any atom is -0.454 e. The molecule has 8 nitrogen and oxygen atoms in total. The highest BCUT2D eigenvalue weighted by Crippen LogP contribution is 2.27. The van der Waals surface area contributed by atoms with Gasteiger partial charge >= 0.3 is 5.97 Å². The van der Waals surface area contributed by atoms with Crippen LogP contribution in [0.2, 0.25) is 0 Å². The monoisotopic (exact) mass is 481 g/mol. The van der Waals surface area contributed by atoms with Gasteiger partial charge in [-0.05, 0) is 36.6 Å². The van der Waals surface area contributed by atoms with Crippen molar-refractivity contribution >= 4 is 29.4 Å². The highest BCUT2D eigenvalue weighted by Gasteiger charge is 2.43. The fourth-order valence-electron chi connectivity index (χ4n) is 4.47. The third-order valence-corrected chi connectivity index (χ3v) is 6.27.